The van der Waals surface area contributed by atoms with Gasteiger partial charge in [0.05, 0.1) is 11.3 Å². The van der Waals surface area contributed by atoms with Gasteiger partial charge in [-0.1, -0.05) is 11.6 Å². The molecule has 4 heteroatoms. The van der Waals surface area contributed by atoms with Gasteiger partial charge in [0, 0.05) is 12.0 Å². The lowest BCUT2D eigenvalue weighted by molar-refractivity contribution is 0.0554. The van der Waals surface area contributed by atoms with Crippen LogP contribution in [0.15, 0.2) is 12.1 Å². The molecular weight excluding hydrogens is 308 g/mol. The molecule has 0 spiro atoms. The zero-order valence-corrected chi connectivity index (χ0v) is 14.1. The van der Waals surface area contributed by atoms with E-state index in [1.807, 2.05) is 6.07 Å². The molecule has 1 heterocycles. The Labute approximate surface area is 142 Å². The minimum atomic E-state index is 0.0716. The Hall–Kier alpha value is -1.09. The molecule has 0 aliphatic heterocycles. The number of hydrogen-bond acceptors (Lipinski definition) is 2. The summed E-state index contributed by atoms with van der Waals surface area (Å²) in [5, 5.41) is 3.87. The highest BCUT2D eigenvalue weighted by molar-refractivity contribution is 6.29. The molecule has 1 N–H and O–H groups in total. The predicted molar refractivity (Wildman–Crippen MR) is 89.5 cm³/mol. The molecule has 1 aromatic rings. The van der Waals surface area contributed by atoms with E-state index in [0.717, 1.165) is 54.2 Å². The molecule has 4 aliphatic rings. The van der Waals surface area contributed by atoms with Crippen LogP contribution in [-0.2, 0) is 0 Å². The normalized spacial score (nSPS) is 37.9. The molecule has 5 unspecified atom stereocenters. The summed E-state index contributed by atoms with van der Waals surface area (Å²) in [5.74, 6) is 4.01. The summed E-state index contributed by atoms with van der Waals surface area (Å²) in [7, 11) is 0. The largest absolute Gasteiger partial charge is 0.349 e. The lowest BCUT2D eigenvalue weighted by Crippen LogP contribution is -2.49. The highest BCUT2D eigenvalue weighted by Crippen LogP contribution is 2.58. The number of hydrogen-bond donors (Lipinski definition) is 1. The molecule has 3 nitrogen and oxygen atoms in total. The highest BCUT2D eigenvalue weighted by Gasteiger charge is 2.52. The molecule has 1 amide bonds. The molecule has 4 fully saturated rings. The first kappa shape index (κ1) is 14.3. The van der Waals surface area contributed by atoms with E-state index in [2.05, 4.69) is 10.3 Å². The van der Waals surface area contributed by atoms with Gasteiger partial charge < -0.3 is 5.32 Å². The average Bonchev–Trinajstić information content (AvgIpc) is 3.29. The third kappa shape index (κ3) is 2.39. The molecule has 4 aliphatic carbocycles. The van der Waals surface area contributed by atoms with Crippen LogP contribution in [0.25, 0.3) is 0 Å². The van der Waals surface area contributed by atoms with Crippen LogP contribution < -0.4 is 5.32 Å². The molecule has 122 valence electrons. The standard InChI is InChI=1S/C19H23ClN2O/c20-17-6-4-13(18(22-17)11-2-3-11)19(23)21-16-5-1-10-7-12-9-15(16)14(12)8-10/h4,6,10-12,14-16H,1-3,5,7-9H2,(H,21,23). The van der Waals surface area contributed by atoms with E-state index in [9.17, 15) is 4.79 Å². The zero-order valence-electron chi connectivity index (χ0n) is 13.3. The van der Waals surface area contributed by atoms with Crippen molar-refractivity contribution in [3.8, 4) is 0 Å². The van der Waals surface area contributed by atoms with Gasteiger partial charge in [0.25, 0.3) is 5.91 Å². The molecule has 5 atom stereocenters. The third-order valence-electron chi connectivity index (χ3n) is 6.79. The first-order valence-corrected chi connectivity index (χ1v) is 9.54. The molecule has 4 saturated carbocycles. The number of nitrogens with one attached hydrogen (secondary N) is 1. The molecule has 0 saturated heterocycles. The van der Waals surface area contributed by atoms with Crippen molar-refractivity contribution >= 4 is 17.5 Å². The second kappa shape index (κ2) is 5.20. The van der Waals surface area contributed by atoms with Gasteiger partial charge in [0.15, 0.2) is 0 Å². The Morgan fingerprint density at radius 2 is 1.96 bits per heavy atom. The van der Waals surface area contributed by atoms with Crippen molar-refractivity contribution in [2.24, 2.45) is 23.7 Å². The van der Waals surface area contributed by atoms with Crippen LogP contribution in [0.5, 0.6) is 0 Å². The van der Waals surface area contributed by atoms with E-state index < -0.39 is 0 Å². The van der Waals surface area contributed by atoms with Gasteiger partial charge in [-0.3, -0.25) is 4.79 Å². The molecule has 5 rings (SSSR count). The first-order valence-electron chi connectivity index (χ1n) is 9.16. The van der Waals surface area contributed by atoms with Gasteiger partial charge in [0.1, 0.15) is 5.15 Å². The minimum Gasteiger partial charge on any atom is -0.349 e. The number of halogens is 1. The molecule has 0 aromatic carbocycles. The van der Waals surface area contributed by atoms with Gasteiger partial charge >= 0.3 is 0 Å². The Morgan fingerprint density at radius 3 is 2.78 bits per heavy atom. The monoisotopic (exact) mass is 330 g/mol. The average molecular weight is 331 g/mol. The third-order valence-corrected chi connectivity index (χ3v) is 7.00. The van der Waals surface area contributed by atoms with Crippen LogP contribution in [0.1, 0.15) is 66.9 Å². The fourth-order valence-electron chi connectivity index (χ4n) is 5.46. The summed E-state index contributed by atoms with van der Waals surface area (Å²) in [6.45, 7) is 0. The Kier molecular flexibility index (Phi) is 3.23. The van der Waals surface area contributed by atoms with E-state index in [4.69, 9.17) is 11.6 Å². The Balaban J connectivity index is 1.36. The van der Waals surface area contributed by atoms with Crippen LogP contribution in [0.4, 0.5) is 0 Å². The van der Waals surface area contributed by atoms with Crippen LogP contribution in [0.2, 0.25) is 5.15 Å². The number of carbonyl (C=O) groups is 1. The van der Waals surface area contributed by atoms with Crippen LogP contribution in [0.3, 0.4) is 0 Å². The van der Waals surface area contributed by atoms with Crippen molar-refractivity contribution < 1.29 is 4.79 Å². The van der Waals surface area contributed by atoms with Gasteiger partial charge in [-0.2, -0.15) is 0 Å². The maximum Gasteiger partial charge on any atom is 0.253 e. The summed E-state index contributed by atoms with van der Waals surface area (Å²) in [5.41, 5.74) is 1.67. The Bertz CT molecular complexity index is 657. The minimum absolute atomic E-state index is 0.0716. The zero-order chi connectivity index (χ0) is 15.6. The summed E-state index contributed by atoms with van der Waals surface area (Å²) in [6.07, 6.45) is 8.91. The smallest absolute Gasteiger partial charge is 0.253 e. The maximum atomic E-state index is 12.9. The Morgan fingerprint density at radius 1 is 1.09 bits per heavy atom. The molecule has 23 heavy (non-hydrogen) atoms. The van der Waals surface area contributed by atoms with Crippen molar-refractivity contribution in [2.75, 3.05) is 0 Å². The van der Waals surface area contributed by atoms with E-state index in [-0.39, 0.29) is 5.91 Å². The number of fused-ring (bicyclic) bond motifs is 1. The quantitative estimate of drug-likeness (QED) is 0.845. The SMILES string of the molecule is O=C(NC1CCC2CC3CC1C3C2)c1ccc(Cl)nc1C1CC1. The fourth-order valence-corrected chi connectivity index (χ4v) is 5.62. The van der Waals surface area contributed by atoms with Crippen molar-refractivity contribution in [1.29, 1.82) is 0 Å². The number of rotatable bonds is 3. The number of nitrogens with zero attached hydrogens (tertiary/aromatic N) is 1. The lowest BCUT2D eigenvalue weighted by Gasteiger charge is -2.45. The number of aromatic nitrogens is 1. The summed E-state index contributed by atoms with van der Waals surface area (Å²) in [6, 6.07) is 3.98. The maximum absolute atomic E-state index is 12.9. The van der Waals surface area contributed by atoms with Gasteiger partial charge in [-0.15, -0.1) is 0 Å². The van der Waals surface area contributed by atoms with Gasteiger partial charge in [-0.05, 0) is 80.8 Å². The number of amides is 1. The van der Waals surface area contributed by atoms with Crippen LogP contribution in [0, 0.1) is 23.7 Å². The molecule has 0 radical (unpaired) electrons. The van der Waals surface area contributed by atoms with E-state index >= 15 is 0 Å². The summed E-state index contributed by atoms with van der Waals surface area (Å²) in [4.78, 5) is 17.3. The van der Waals surface area contributed by atoms with Crippen molar-refractivity contribution in [1.82, 2.24) is 10.3 Å². The predicted octanol–water partition coefficient (Wildman–Crippen LogP) is 4.17. The second-order valence-electron chi connectivity index (χ2n) is 8.16. The summed E-state index contributed by atoms with van der Waals surface area (Å²) >= 11 is 6.04. The van der Waals surface area contributed by atoms with Crippen LogP contribution >= 0.6 is 11.6 Å². The van der Waals surface area contributed by atoms with Crippen LogP contribution in [-0.4, -0.2) is 16.9 Å². The topological polar surface area (TPSA) is 42.0 Å². The number of carbonyl (C=O) groups excluding carboxylic acids is 1. The van der Waals surface area contributed by atoms with Gasteiger partial charge in [-0.25, -0.2) is 4.98 Å². The molecule has 1 aromatic heterocycles. The fraction of sp³-hybridized carbons (Fsp3) is 0.684. The second-order valence-corrected chi connectivity index (χ2v) is 8.55. The van der Waals surface area contributed by atoms with Crippen molar-refractivity contribution in [3.05, 3.63) is 28.5 Å². The van der Waals surface area contributed by atoms with E-state index in [0.29, 0.717) is 17.1 Å². The molecule has 2 bridgehead atoms. The van der Waals surface area contributed by atoms with Gasteiger partial charge in [0.2, 0.25) is 0 Å². The summed E-state index contributed by atoms with van der Waals surface area (Å²) < 4.78 is 0. The highest BCUT2D eigenvalue weighted by atomic mass is 35.5. The number of pyridine rings is 1. The van der Waals surface area contributed by atoms with Crippen molar-refractivity contribution in [2.45, 2.75) is 56.9 Å². The first-order chi connectivity index (χ1) is 11.2. The lowest BCUT2D eigenvalue weighted by atomic mass is 9.63. The molecular formula is C19H23ClN2O. The van der Waals surface area contributed by atoms with E-state index in [1.165, 1.54) is 25.7 Å². The van der Waals surface area contributed by atoms with Crippen molar-refractivity contribution in [3.63, 3.8) is 0 Å². The van der Waals surface area contributed by atoms with E-state index in [1.54, 1.807) is 6.07 Å².